The molecule has 0 aliphatic rings. The van der Waals surface area contributed by atoms with Crippen LogP contribution in [0.1, 0.15) is 0 Å². The Kier molecular flexibility index (Phi) is 6.03. The number of carbonyl (C=O) groups excluding carboxylic acids is 1. The van der Waals surface area contributed by atoms with Gasteiger partial charge < -0.3 is 14.5 Å². The SMILES string of the molecule is COc1ccc2nc(NC(=O)CSc3nnc(-c4ccco4)n3-c3ccc(Cl)cc3)sc2c1. The zero-order valence-electron chi connectivity index (χ0n) is 17.2. The van der Waals surface area contributed by atoms with E-state index in [0.29, 0.717) is 26.9 Å². The molecule has 0 aliphatic carbocycles. The topological polar surface area (TPSA) is 95.1 Å². The number of amides is 1. The molecule has 0 fully saturated rings. The molecule has 3 heterocycles. The van der Waals surface area contributed by atoms with E-state index >= 15 is 0 Å². The summed E-state index contributed by atoms with van der Waals surface area (Å²) in [5.74, 6) is 1.78. The van der Waals surface area contributed by atoms with E-state index in [1.165, 1.54) is 23.1 Å². The second-order valence-corrected chi connectivity index (χ2v) is 9.19. The molecule has 0 radical (unpaired) electrons. The number of anilines is 1. The molecule has 0 spiro atoms. The third-order valence-corrected chi connectivity index (χ3v) is 6.75. The van der Waals surface area contributed by atoms with Gasteiger partial charge in [-0.05, 0) is 54.6 Å². The molecule has 0 saturated carbocycles. The van der Waals surface area contributed by atoms with Gasteiger partial charge in [-0.15, -0.1) is 10.2 Å². The maximum Gasteiger partial charge on any atom is 0.236 e. The Morgan fingerprint density at radius 2 is 2.06 bits per heavy atom. The van der Waals surface area contributed by atoms with Crippen LogP contribution in [0.2, 0.25) is 5.02 Å². The molecule has 3 aromatic heterocycles. The normalized spacial score (nSPS) is 11.1. The number of thiazole rings is 1. The highest BCUT2D eigenvalue weighted by molar-refractivity contribution is 7.99. The average molecular weight is 498 g/mol. The number of hydrogen-bond acceptors (Lipinski definition) is 8. The van der Waals surface area contributed by atoms with Gasteiger partial charge in [0.15, 0.2) is 16.0 Å². The van der Waals surface area contributed by atoms with Crippen molar-refractivity contribution in [3.63, 3.8) is 0 Å². The molecule has 1 N–H and O–H groups in total. The molecular weight excluding hydrogens is 482 g/mol. The molecular formula is C22H16ClN5O3S2. The van der Waals surface area contributed by atoms with Gasteiger partial charge in [-0.2, -0.15) is 0 Å². The summed E-state index contributed by atoms with van der Waals surface area (Å²) in [6.45, 7) is 0. The minimum atomic E-state index is -0.198. The van der Waals surface area contributed by atoms with Crippen molar-refractivity contribution in [2.45, 2.75) is 5.16 Å². The number of carbonyl (C=O) groups is 1. The van der Waals surface area contributed by atoms with E-state index in [9.17, 15) is 4.79 Å². The van der Waals surface area contributed by atoms with Crippen LogP contribution in [-0.4, -0.2) is 38.5 Å². The summed E-state index contributed by atoms with van der Waals surface area (Å²) in [6.07, 6.45) is 1.57. The lowest BCUT2D eigenvalue weighted by Crippen LogP contribution is -2.14. The molecule has 5 aromatic rings. The second-order valence-electron chi connectivity index (χ2n) is 6.78. The quantitative estimate of drug-likeness (QED) is 0.295. The lowest BCUT2D eigenvalue weighted by atomic mass is 10.3. The van der Waals surface area contributed by atoms with E-state index in [2.05, 4.69) is 20.5 Å². The number of fused-ring (bicyclic) bond motifs is 1. The van der Waals surface area contributed by atoms with Crippen LogP contribution in [0, 0.1) is 0 Å². The Hall–Kier alpha value is -3.34. The molecule has 8 nitrogen and oxygen atoms in total. The Balaban J connectivity index is 1.35. The van der Waals surface area contributed by atoms with Crippen LogP contribution in [0.25, 0.3) is 27.5 Å². The first-order chi connectivity index (χ1) is 16.1. The first kappa shape index (κ1) is 21.5. The average Bonchev–Trinajstić information content (AvgIpc) is 3.56. The summed E-state index contributed by atoms with van der Waals surface area (Å²) in [6, 6.07) is 16.5. The predicted molar refractivity (Wildman–Crippen MR) is 130 cm³/mol. The number of aromatic nitrogens is 4. The molecule has 0 unspecified atom stereocenters. The maximum atomic E-state index is 12.6. The van der Waals surface area contributed by atoms with Crippen LogP contribution in [0.5, 0.6) is 5.75 Å². The number of hydrogen-bond donors (Lipinski definition) is 1. The number of methoxy groups -OCH3 is 1. The fourth-order valence-electron chi connectivity index (χ4n) is 3.12. The number of ether oxygens (including phenoxy) is 1. The van der Waals surface area contributed by atoms with Crippen molar-refractivity contribution in [2.75, 3.05) is 18.2 Å². The number of nitrogens with zero attached hydrogens (tertiary/aromatic N) is 4. The van der Waals surface area contributed by atoms with Crippen LogP contribution < -0.4 is 10.1 Å². The van der Waals surface area contributed by atoms with E-state index in [-0.39, 0.29) is 11.7 Å². The fourth-order valence-corrected chi connectivity index (χ4v) is 4.91. The van der Waals surface area contributed by atoms with Gasteiger partial charge in [-0.25, -0.2) is 4.98 Å². The van der Waals surface area contributed by atoms with Gasteiger partial charge >= 0.3 is 0 Å². The number of halogens is 1. The summed E-state index contributed by atoms with van der Waals surface area (Å²) in [5, 5.41) is 13.1. The van der Waals surface area contributed by atoms with Crippen molar-refractivity contribution >= 4 is 56.0 Å². The summed E-state index contributed by atoms with van der Waals surface area (Å²) < 4.78 is 13.5. The number of thioether (sulfide) groups is 1. The van der Waals surface area contributed by atoms with Gasteiger partial charge in [-0.3, -0.25) is 9.36 Å². The number of nitrogens with one attached hydrogen (secondary N) is 1. The van der Waals surface area contributed by atoms with Gasteiger partial charge in [0.05, 0.1) is 29.3 Å². The lowest BCUT2D eigenvalue weighted by Gasteiger charge is -2.09. The summed E-state index contributed by atoms with van der Waals surface area (Å²) in [5.41, 5.74) is 1.60. The molecule has 166 valence electrons. The molecule has 0 aliphatic heterocycles. The van der Waals surface area contributed by atoms with Crippen molar-refractivity contribution < 1.29 is 13.9 Å². The van der Waals surface area contributed by atoms with Crippen LogP contribution in [0.15, 0.2) is 70.4 Å². The zero-order chi connectivity index (χ0) is 22.8. The van der Waals surface area contributed by atoms with Crippen LogP contribution in [-0.2, 0) is 4.79 Å². The monoisotopic (exact) mass is 497 g/mol. The van der Waals surface area contributed by atoms with Gasteiger partial charge in [0.25, 0.3) is 0 Å². The molecule has 1 amide bonds. The van der Waals surface area contributed by atoms with Crippen LogP contribution >= 0.6 is 34.7 Å². The van der Waals surface area contributed by atoms with Gasteiger partial charge in [0, 0.05) is 10.7 Å². The first-order valence-electron chi connectivity index (χ1n) is 9.73. The zero-order valence-corrected chi connectivity index (χ0v) is 19.6. The Labute approximate surface area is 201 Å². The maximum absolute atomic E-state index is 12.6. The van der Waals surface area contributed by atoms with E-state index in [0.717, 1.165) is 21.7 Å². The highest BCUT2D eigenvalue weighted by Gasteiger charge is 2.19. The smallest absolute Gasteiger partial charge is 0.236 e. The molecule has 0 atom stereocenters. The van der Waals surface area contributed by atoms with Crippen molar-refractivity contribution in [1.29, 1.82) is 0 Å². The third kappa shape index (κ3) is 4.58. The minimum absolute atomic E-state index is 0.128. The van der Waals surface area contributed by atoms with Crippen LogP contribution in [0.3, 0.4) is 0 Å². The van der Waals surface area contributed by atoms with Crippen molar-refractivity contribution in [1.82, 2.24) is 19.7 Å². The van der Waals surface area contributed by atoms with Gasteiger partial charge in [-0.1, -0.05) is 34.7 Å². The van der Waals surface area contributed by atoms with E-state index in [4.69, 9.17) is 20.8 Å². The van der Waals surface area contributed by atoms with Crippen molar-refractivity contribution in [2.24, 2.45) is 0 Å². The highest BCUT2D eigenvalue weighted by atomic mass is 35.5. The molecule has 2 aromatic carbocycles. The third-order valence-electron chi connectivity index (χ3n) is 4.63. The Bertz CT molecular complexity index is 1410. The number of benzene rings is 2. The molecule has 0 bridgehead atoms. The lowest BCUT2D eigenvalue weighted by molar-refractivity contribution is -0.113. The van der Waals surface area contributed by atoms with E-state index in [1.807, 2.05) is 34.9 Å². The first-order valence-corrected chi connectivity index (χ1v) is 11.9. The van der Waals surface area contributed by atoms with Crippen molar-refractivity contribution in [3.8, 4) is 23.0 Å². The summed E-state index contributed by atoms with van der Waals surface area (Å²) in [7, 11) is 1.61. The van der Waals surface area contributed by atoms with Gasteiger partial charge in [0.2, 0.25) is 11.7 Å². The predicted octanol–water partition coefficient (Wildman–Crippen LogP) is 5.53. The molecule has 0 saturated heterocycles. The van der Waals surface area contributed by atoms with Crippen molar-refractivity contribution in [3.05, 3.63) is 65.9 Å². The van der Waals surface area contributed by atoms with Gasteiger partial charge in [0.1, 0.15) is 5.75 Å². The summed E-state index contributed by atoms with van der Waals surface area (Å²) >= 11 is 8.70. The number of rotatable bonds is 7. The second kappa shape index (κ2) is 9.26. The van der Waals surface area contributed by atoms with E-state index in [1.54, 1.807) is 37.6 Å². The highest BCUT2D eigenvalue weighted by Crippen LogP contribution is 2.31. The summed E-state index contributed by atoms with van der Waals surface area (Å²) in [4.78, 5) is 17.1. The van der Waals surface area contributed by atoms with Crippen LogP contribution in [0.4, 0.5) is 5.13 Å². The fraction of sp³-hybridized carbons (Fsp3) is 0.0909. The van der Waals surface area contributed by atoms with E-state index < -0.39 is 0 Å². The largest absolute Gasteiger partial charge is 0.497 e. The Morgan fingerprint density at radius 3 is 2.82 bits per heavy atom. The molecule has 11 heteroatoms. The standard InChI is InChI=1S/C22H16ClN5O3S2/c1-30-15-8-9-16-18(11-15)33-21(24-16)25-19(29)12-32-22-27-26-20(17-3-2-10-31-17)28(22)14-6-4-13(23)5-7-14/h2-11H,12H2,1H3,(H,24,25,29). The minimum Gasteiger partial charge on any atom is -0.497 e. The molecule has 5 rings (SSSR count). The number of furan rings is 1. The Morgan fingerprint density at radius 1 is 1.21 bits per heavy atom. The molecule has 33 heavy (non-hydrogen) atoms.